The normalized spacial score (nSPS) is 23.5. The molecule has 1 saturated heterocycles. The van der Waals surface area contributed by atoms with Gasteiger partial charge < -0.3 is 9.64 Å². The highest BCUT2D eigenvalue weighted by atomic mass is 16.5. The fourth-order valence-corrected chi connectivity index (χ4v) is 2.26. The first-order chi connectivity index (χ1) is 8.27. The van der Waals surface area contributed by atoms with E-state index in [1.807, 2.05) is 6.08 Å². The van der Waals surface area contributed by atoms with Crippen LogP contribution in [0.3, 0.4) is 0 Å². The highest BCUT2D eigenvalue weighted by molar-refractivity contribution is 4.80. The summed E-state index contributed by atoms with van der Waals surface area (Å²) in [5, 5.41) is 0. The van der Waals surface area contributed by atoms with Gasteiger partial charge in [-0.2, -0.15) is 0 Å². The molecule has 4 heteroatoms. The molecule has 1 aliphatic rings. The Bertz CT molecular complexity index is 211. The molecule has 0 amide bonds. The van der Waals surface area contributed by atoms with Gasteiger partial charge in [-0.1, -0.05) is 18.9 Å². The molecular weight excluding hydrogens is 214 g/mol. The maximum atomic E-state index is 5.78. The third-order valence-corrected chi connectivity index (χ3v) is 3.38. The minimum absolute atomic E-state index is 0.234. The Balaban J connectivity index is 2.20. The molecule has 0 bridgehead atoms. The largest absolute Gasteiger partial charge is 0.374 e. The van der Waals surface area contributed by atoms with E-state index in [9.17, 15) is 0 Å². The van der Waals surface area contributed by atoms with Crippen molar-refractivity contribution in [1.29, 1.82) is 0 Å². The van der Waals surface area contributed by atoms with E-state index in [4.69, 9.17) is 10.6 Å². The zero-order valence-corrected chi connectivity index (χ0v) is 11.0. The lowest BCUT2D eigenvalue weighted by Gasteiger charge is -2.34. The first-order valence-corrected chi connectivity index (χ1v) is 6.65. The first kappa shape index (κ1) is 14.6. The second kappa shape index (κ2) is 8.64. The van der Waals surface area contributed by atoms with Crippen LogP contribution in [-0.4, -0.2) is 43.8 Å². The second-order valence-electron chi connectivity index (χ2n) is 4.87. The first-order valence-electron chi connectivity index (χ1n) is 6.65. The quantitative estimate of drug-likeness (QED) is 0.291. The summed E-state index contributed by atoms with van der Waals surface area (Å²) in [6.07, 6.45) is 8.09. The van der Waals surface area contributed by atoms with Gasteiger partial charge in [0.05, 0.1) is 12.7 Å². The third kappa shape index (κ3) is 5.64. The van der Waals surface area contributed by atoms with E-state index < -0.39 is 0 Å². The number of allylic oxidation sites excluding steroid dienone is 1. The molecular formula is C13H27N3O. The maximum absolute atomic E-state index is 5.78. The molecule has 0 saturated carbocycles. The molecule has 2 unspecified atom stereocenters. The lowest BCUT2D eigenvalue weighted by atomic mass is 10.0. The van der Waals surface area contributed by atoms with Crippen molar-refractivity contribution in [2.45, 2.75) is 44.2 Å². The summed E-state index contributed by atoms with van der Waals surface area (Å²) < 4.78 is 5.78. The Morgan fingerprint density at radius 1 is 1.53 bits per heavy atom. The van der Waals surface area contributed by atoms with Gasteiger partial charge in [0.25, 0.3) is 0 Å². The van der Waals surface area contributed by atoms with Crippen molar-refractivity contribution in [2.24, 2.45) is 5.84 Å². The summed E-state index contributed by atoms with van der Waals surface area (Å²) in [5.74, 6) is 5.63. The van der Waals surface area contributed by atoms with Crippen molar-refractivity contribution in [1.82, 2.24) is 10.3 Å². The predicted molar refractivity (Wildman–Crippen MR) is 71.6 cm³/mol. The Labute approximate surface area is 105 Å². The van der Waals surface area contributed by atoms with Crippen LogP contribution in [0.25, 0.3) is 0 Å². The molecule has 0 aromatic heterocycles. The van der Waals surface area contributed by atoms with Gasteiger partial charge in [-0.15, -0.1) is 6.58 Å². The molecule has 3 N–H and O–H groups in total. The van der Waals surface area contributed by atoms with Crippen LogP contribution in [0.4, 0.5) is 0 Å². The van der Waals surface area contributed by atoms with Crippen LogP contribution in [0.2, 0.25) is 0 Å². The zero-order valence-electron chi connectivity index (χ0n) is 11.0. The highest BCUT2D eigenvalue weighted by Crippen LogP contribution is 2.13. The Kier molecular flexibility index (Phi) is 7.44. The van der Waals surface area contributed by atoms with Crippen LogP contribution >= 0.6 is 0 Å². The van der Waals surface area contributed by atoms with Gasteiger partial charge in [0, 0.05) is 19.1 Å². The average molecular weight is 241 g/mol. The van der Waals surface area contributed by atoms with E-state index in [0.29, 0.717) is 0 Å². The van der Waals surface area contributed by atoms with Crippen molar-refractivity contribution < 1.29 is 4.74 Å². The van der Waals surface area contributed by atoms with Gasteiger partial charge in [-0.25, -0.2) is 0 Å². The van der Waals surface area contributed by atoms with Gasteiger partial charge in [-0.3, -0.25) is 11.3 Å². The molecule has 0 radical (unpaired) electrons. The number of ether oxygens (including phenoxy) is 1. The number of likely N-dealkylation sites (N-methyl/N-ethyl adjacent to an activating group) is 1. The number of nitrogens with two attached hydrogens (primary N) is 1. The van der Waals surface area contributed by atoms with E-state index >= 15 is 0 Å². The zero-order chi connectivity index (χ0) is 12.5. The molecule has 1 heterocycles. The smallest absolute Gasteiger partial charge is 0.0868 e. The molecule has 100 valence electrons. The fraction of sp³-hybridized carbons (Fsp3) is 0.846. The van der Waals surface area contributed by atoms with Gasteiger partial charge >= 0.3 is 0 Å². The van der Waals surface area contributed by atoms with Crippen LogP contribution in [0, 0.1) is 0 Å². The molecule has 4 nitrogen and oxygen atoms in total. The van der Waals surface area contributed by atoms with E-state index in [2.05, 4.69) is 24.0 Å². The van der Waals surface area contributed by atoms with Gasteiger partial charge in [0.2, 0.25) is 0 Å². The molecule has 1 rings (SSSR count). The monoisotopic (exact) mass is 241 g/mol. The summed E-state index contributed by atoms with van der Waals surface area (Å²) in [6, 6.07) is 0.279. The molecule has 0 aromatic carbocycles. The fourth-order valence-electron chi connectivity index (χ4n) is 2.26. The van der Waals surface area contributed by atoms with Crippen LogP contribution in [0.5, 0.6) is 0 Å². The Morgan fingerprint density at radius 2 is 2.35 bits per heavy atom. The number of unbranched alkanes of at least 4 members (excludes halogenated alkanes) is 3. The lowest BCUT2D eigenvalue weighted by Crippen LogP contribution is -2.53. The van der Waals surface area contributed by atoms with Crippen LogP contribution in [0.15, 0.2) is 12.7 Å². The third-order valence-electron chi connectivity index (χ3n) is 3.38. The number of nitrogens with one attached hydrogen (secondary N) is 1. The highest BCUT2D eigenvalue weighted by Gasteiger charge is 2.25. The molecule has 0 aliphatic carbocycles. The van der Waals surface area contributed by atoms with E-state index in [-0.39, 0.29) is 12.1 Å². The van der Waals surface area contributed by atoms with E-state index in [1.54, 1.807) is 0 Å². The second-order valence-corrected chi connectivity index (χ2v) is 4.87. The SMILES string of the molecule is C=CCCCCCC(NN)C1CN(C)CCO1. The van der Waals surface area contributed by atoms with Gasteiger partial charge in [0.15, 0.2) is 0 Å². The Morgan fingerprint density at radius 3 is 3.00 bits per heavy atom. The summed E-state index contributed by atoms with van der Waals surface area (Å²) in [6.45, 7) is 6.54. The molecule has 1 aliphatic heterocycles. The standard InChI is InChI=1S/C13H27N3O/c1-3-4-5-6-7-8-12(15-14)13-11-16(2)9-10-17-13/h3,12-13,15H,1,4-11,14H2,2H3. The van der Waals surface area contributed by atoms with Crippen molar-refractivity contribution >= 4 is 0 Å². The number of hydrogen-bond acceptors (Lipinski definition) is 4. The Hall–Kier alpha value is -0.420. The summed E-state index contributed by atoms with van der Waals surface area (Å²) in [5.41, 5.74) is 2.91. The number of morpholine rings is 1. The van der Waals surface area contributed by atoms with Crippen molar-refractivity contribution in [3.63, 3.8) is 0 Å². The van der Waals surface area contributed by atoms with E-state index in [1.165, 1.54) is 19.3 Å². The minimum Gasteiger partial charge on any atom is -0.374 e. The molecule has 17 heavy (non-hydrogen) atoms. The van der Waals surface area contributed by atoms with Crippen molar-refractivity contribution in [2.75, 3.05) is 26.7 Å². The number of nitrogens with zero attached hydrogens (tertiary/aromatic N) is 1. The number of hydrogen-bond donors (Lipinski definition) is 2. The summed E-state index contributed by atoms with van der Waals surface area (Å²) in [7, 11) is 2.13. The predicted octanol–water partition coefficient (Wildman–Crippen LogP) is 1.29. The van der Waals surface area contributed by atoms with Crippen LogP contribution < -0.4 is 11.3 Å². The van der Waals surface area contributed by atoms with Crippen LogP contribution in [0.1, 0.15) is 32.1 Å². The molecule has 1 fully saturated rings. The topological polar surface area (TPSA) is 50.5 Å². The molecule has 2 atom stereocenters. The van der Waals surface area contributed by atoms with E-state index in [0.717, 1.165) is 32.5 Å². The summed E-state index contributed by atoms with van der Waals surface area (Å²) in [4.78, 5) is 2.30. The van der Waals surface area contributed by atoms with Gasteiger partial charge in [-0.05, 0) is 26.3 Å². The molecule has 0 aromatic rings. The number of hydrazine groups is 1. The average Bonchev–Trinajstić information content (AvgIpc) is 2.34. The lowest BCUT2D eigenvalue weighted by molar-refractivity contribution is -0.0402. The van der Waals surface area contributed by atoms with Crippen LogP contribution in [-0.2, 0) is 4.74 Å². The number of rotatable bonds is 8. The van der Waals surface area contributed by atoms with Gasteiger partial charge in [0.1, 0.15) is 0 Å². The summed E-state index contributed by atoms with van der Waals surface area (Å²) >= 11 is 0. The van der Waals surface area contributed by atoms with Crippen molar-refractivity contribution in [3.8, 4) is 0 Å². The maximum Gasteiger partial charge on any atom is 0.0868 e. The minimum atomic E-state index is 0.234. The van der Waals surface area contributed by atoms with Crippen molar-refractivity contribution in [3.05, 3.63) is 12.7 Å². The molecule has 0 spiro atoms.